The monoisotopic (exact) mass is 586 g/mol. The van der Waals surface area contributed by atoms with Crippen LogP contribution in [-0.2, 0) is 35.1 Å². The molecule has 2 aliphatic heterocycles. The van der Waals surface area contributed by atoms with Crippen LogP contribution in [0.1, 0.15) is 57.9 Å². The SMILES string of the molecule is CCC(NC(=O)CN1CCOCC1)(C(N)=O)[C@H](Cc1ccc(OC)cc1)C(=O)N[C@@H](CC1CCCC1)C(=O)[C@@]1(C)CO1. The molecule has 3 aliphatic rings. The minimum atomic E-state index is -1.69. The lowest BCUT2D eigenvalue weighted by Gasteiger charge is -2.39. The number of carbonyl (C=O) groups excluding carboxylic acids is 4. The number of ether oxygens (including phenoxy) is 3. The van der Waals surface area contributed by atoms with E-state index in [9.17, 15) is 19.2 Å². The third-order valence-corrected chi connectivity index (χ3v) is 9.12. The Morgan fingerprint density at radius 1 is 1.14 bits per heavy atom. The fourth-order valence-corrected chi connectivity index (χ4v) is 6.27. The van der Waals surface area contributed by atoms with E-state index in [0.29, 0.717) is 51.0 Å². The summed E-state index contributed by atoms with van der Waals surface area (Å²) in [5, 5.41) is 5.88. The number of ketones is 1. The first kappa shape index (κ1) is 31.9. The molecule has 1 aromatic carbocycles. The summed E-state index contributed by atoms with van der Waals surface area (Å²) in [6.45, 7) is 6.05. The molecule has 1 unspecified atom stereocenters. The largest absolute Gasteiger partial charge is 0.497 e. The Labute approximate surface area is 248 Å². The number of nitrogens with one attached hydrogen (secondary N) is 2. The number of methoxy groups -OCH3 is 1. The van der Waals surface area contributed by atoms with Gasteiger partial charge in [0.15, 0.2) is 5.78 Å². The quantitative estimate of drug-likeness (QED) is 0.261. The Bertz CT molecular complexity index is 1110. The Kier molecular flexibility index (Phi) is 10.6. The van der Waals surface area contributed by atoms with Crippen molar-refractivity contribution in [2.24, 2.45) is 17.6 Å². The van der Waals surface area contributed by atoms with Crippen LogP contribution in [0.3, 0.4) is 0 Å². The van der Waals surface area contributed by atoms with E-state index in [1.807, 2.05) is 17.0 Å². The number of Topliss-reactive ketones (excluding diaryl/α,β-unsaturated/α-hetero) is 1. The highest BCUT2D eigenvalue weighted by Crippen LogP contribution is 2.34. The van der Waals surface area contributed by atoms with Gasteiger partial charge in [-0.3, -0.25) is 24.1 Å². The van der Waals surface area contributed by atoms with E-state index >= 15 is 0 Å². The normalized spacial score (nSPS) is 23.8. The Balaban J connectivity index is 1.63. The van der Waals surface area contributed by atoms with E-state index in [2.05, 4.69) is 10.6 Å². The fraction of sp³-hybridized carbons (Fsp3) is 0.677. The molecule has 0 aromatic heterocycles. The van der Waals surface area contributed by atoms with Crippen LogP contribution in [0.5, 0.6) is 5.75 Å². The summed E-state index contributed by atoms with van der Waals surface area (Å²) in [7, 11) is 1.57. The zero-order chi connectivity index (χ0) is 30.3. The van der Waals surface area contributed by atoms with E-state index in [1.165, 1.54) is 0 Å². The molecule has 4 rings (SSSR count). The van der Waals surface area contributed by atoms with Crippen LogP contribution < -0.4 is 21.1 Å². The summed E-state index contributed by atoms with van der Waals surface area (Å²) in [6.07, 6.45) is 4.93. The number of primary amides is 1. The number of hydrogen-bond donors (Lipinski definition) is 3. The lowest BCUT2D eigenvalue weighted by atomic mass is 9.76. The van der Waals surface area contributed by atoms with E-state index < -0.39 is 40.8 Å². The molecule has 1 aliphatic carbocycles. The van der Waals surface area contributed by atoms with Gasteiger partial charge in [0.05, 0.1) is 45.4 Å². The molecule has 11 nitrogen and oxygen atoms in total. The minimum Gasteiger partial charge on any atom is -0.497 e. The predicted octanol–water partition coefficient (Wildman–Crippen LogP) is 1.36. The Morgan fingerprint density at radius 3 is 2.33 bits per heavy atom. The summed E-state index contributed by atoms with van der Waals surface area (Å²) in [6, 6.07) is 6.42. The molecule has 2 saturated heterocycles. The highest BCUT2D eigenvalue weighted by atomic mass is 16.6. The number of amides is 3. The number of carbonyl (C=O) groups is 4. The molecule has 42 heavy (non-hydrogen) atoms. The van der Waals surface area contributed by atoms with Crippen LogP contribution in [-0.4, -0.2) is 92.2 Å². The number of rotatable bonds is 15. The lowest BCUT2D eigenvalue weighted by molar-refractivity contribution is -0.142. The van der Waals surface area contributed by atoms with Gasteiger partial charge in [0, 0.05) is 13.1 Å². The molecule has 4 N–H and O–H groups in total. The molecular weight excluding hydrogens is 540 g/mol. The molecule has 3 amide bonds. The maximum Gasteiger partial charge on any atom is 0.244 e. The summed E-state index contributed by atoms with van der Waals surface area (Å²) in [5.74, 6) is -1.97. The first-order valence-electron chi connectivity index (χ1n) is 15.1. The topological polar surface area (TPSA) is 153 Å². The third kappa shape index (κ3) is 7.67. The van der Waals surface area contributed by atoms with Crippen molar-refractivity contribution in [2.45, 2.75) is 76.0 Å². The number of epoxide rings is 1. The van der Waals surface area contributed by atoms with Crippen molar-refractivity contribution in [1.29, 1.82) is 0 Å². The first-order valence-corrected chi connectivity index (χ1v) is 15.1. The number of morpholine rings is 1. The summed E-state index contributed by atoms with van der Waals surface area (Å²) in [5.41, 5.74) is 4.18. The van der Waals surface area contributed by atoms with Crippen molar-refractivity contribution in [3.8, 4) is 5.75 Å². The first-order chi connectivity index (χ1) is 20.1. The number of nitrogens with zero attached hydrogens (tertiary/aromatic N) is 1. The summed E-state index contributed by atoms with van der Waals surface area (Å²) in [4.78, 5) is 56.3. The van der Waals surface area contributed by atoms with Crippen LogP contribution in [0.4, 0.5) is 0 Å². The van der Waals surface area contributed by atoms with Crippen molar-refractivity contribution in [3.05, 3.63) is 29.8 Å². The van der Waals surface area contributed by atoms with Crippen molar-refractivity contribution in [2.75, 3.05) is 46.6 Å². The predicted molar refractivity (Wildman–Crippen MR) is 156 cm³/mol. The van der Waals surface area contributed by atoms with Crippen molar-refractivity contribution >= 4 is 23.5 Å². The maximum atomic E-state index is 14.3. The number of hydrogen-bond acceptors (Lipinski definition) is 8. The van der Waals surface area contributed by atoms with Gasteiger partial charge in [-0.2, -0.15) is 0 Å². The smallest absolute Gasteiger partial charge is 0.244 e. The second kappa shape index (κ2) is 14.0. The molecule has 0 spiro atoms. The minimum absolute atomic E-state index is 0.0494. The van der Waals surface area contributed by atoms with E-state index in [4.69, 9.17) is 19.9 Å². The average Bonchev–Trinajstić information content (AvgIpc) is 3.52. The van der Waals surface area contributed by atoms with Crippen molar-refractivity contribution < 1.29 is 33.4 Å². The van der Waals surface area contributed by atoms with Gasteiger partial charge in [0.1, 0.15) is 16.9 Å². The second-order valence-corrected chi connectivity index (χ2v) is 12.1. The lowest BCUT2D eigenvalue weighted by Crippen LogP contribution is -2.67. The van der Waals surface area contributed by atoms with Gasteiger partial charge in [-0.1, -0.05) is 44.7 Å². The van der Waals surface area contributed by atoms with E-state index in [1.54, 1.807) is 33.1 Å². The molecular formula is C31H46N4O7. The van der Waals surface area contributed by atoms with Gasteiger partial charge in [-0.05, 0) is 49.8 Å². The molecule has 1 saturated carbocycles. The molecule has 2 heterocycles. The van der Waals surface area contributed by atoms with Crippen LogP contribution in [0.2, 0.25) is 0 Å². The van der Waals surface area contributed by atoms with Gasteiger partial charge < -0.3 is 30.6 Å². The van der Waals surface area contributed by atoms with Crippen LogP contribution in [0.25, 0.3) is 0 Å². The van der Waals surface area contributed by atoms with Crippen molar-refractivity contribution in [1.82, 2.24) is 15.5 Å². The van der Waals surface area contributed by atoms with Gasteiger partial charge in [-0.15, -0.1) is 0 Å². The second-order valence-electron chi connectivity index (χ2n) is 12.1. The molecule has 11 heteroatoms. The van der Waals surface area contributed by atoms with E-state index in [0.717, 1.165) is 31.2 Å². The zero-order valence-corrected chi connectivity index (χ0v) is 25.1. The van der Waals surface area contributed by atoms with Crippen LogP contribution in [0, 0.1) is 11.8 Å². The maximum absolute atomic E-state index is 14.3. The van der Waals surface area contributed by atoms with Gasteiger partial charge in [0.25, 0.3) is 0 Å². The standard InChI is InChI=1S/C31H46N4O7/c1-4-31(29(32)39,34-26(36)19-35-13-15-41-16-14-35)24(17-22-9-11-23(40-3)12-10-22)28(38)33-25(18-21-7-5-6-8-21)27(37)30(2)20-42-30/h9-12,21,24-25H,4-8,13-20H2,1-3H3,(H2,32,39)(H,33,38)(H,34,36)/t24-,25+,30-,31?/m1/s1. The number of benzene rings is 1. The molecule has 1 aromatic rings. The number of nitrogens with two attached hydrogens (primary N) is 1. The van der Waals surface area contributed by atoms with Gasteiger partial charge >= 0.3 is 0 Å². The van der Waals surface area contributed by atoms with Gasteiger partial charge in [0.2, 0.25) is 17.7 Å². The van der Waals surface area contributed by atoms with E-state index in [-0.39, 0.29) is 25.2 Å². The molecule has 232 valence electrons. The van der Waals surface area contributed by atoms with Crippen LogP contribution in [0.15, 0.2) is 24.3 Å². The molecule has 3 fully saturated rings. The zero-order valence-electron chi connectivity index (χ0n) is 25.1. The fourth-order valence-electron chi connectivity index (χ4n) is 6.27. The summed E-state index contributed by atoms with van der Waals surface area (Å²) < 4.78 is 16.1. The Hall–Kier alpha value is -3.02. The summed E-state index contributed by atoms with van der Waals surface area (Å²) >= 11 is 0. The highest BCUT2D eigenvalue weighted by molar-refractivity contribution is 6.00. The molecule has 0 bridgehead atoms. The van der Waals surface area contributed by atoms with Crippen LogP contribution >= 0.6 is 0 Å². The van der Waals surface area contributed by atoms with Crippen molar-refractivity contribution in [3.63, 3.8) is 0 Å². The van der Waals surface area contributed by atoms with Gasteiger partial charge in [-0.25, -0.2) is 0 Å². The average molecular weight is 587 g/mol. The Morgan fingerprint density at radius 2 is 1.79 bits per heavy atom. The third-order valence-electron chi connectivity index (χ3n) is 9.12. The highest BCUT2D eigenvalue weighted by Gasteiger charge is 2.52. The molecule has 0 radical (unpaired) electrons. The molecule has 4 atom stereocenters.